The minimum atomic E-state index is -2.01. The Morgan fingerprint density at radius 2 is 1.43 bits per heavy atom. The summed E-state index contributed by atoms with van der Waals surface area (Å²) in [5.74, 6) is 0.0864. The van der Waals surface area contributed by atoms with Gasteiger partial charge in [-0.2, -0.15) is 0 Å². The molecule has 0 aromatic heterocycles. The second kappa shape index (κ2) is 7.82. The van der Waals surface area contributed by atoms with Crippen LogP contribution in [0.1, 0.15) is 6.92 Å². The van der Waals surface area contributed by atoms with Gasteiger partial charge in [0.05, 0.1) is 5.76 Å². The molecule has 28 heavy (non-hydrogen) atoms. The van der Waals surface area contributed by atoms with Crippen molar-refractivity contribution in [2.45, 2.75) is 10.7 Å². The Balaban J connectivity index is 2.32. The first kappa shape index (κ1) is 20.8. The topological polar surface area (TPSA) is 43.5 Å². The highest BCUT2D eigenvalue weighted by molar-refractivity contribution is 6.92. The number of halogens is 3. The van der Waals surface area contributed by atoms with E-state index in [1.807, 2.05) is 60.7 Å². The standard InChI is InChI=1S/C20H20BCl3N2O2/c1-14-17(19(27)26(2)3)18(20(22,23)24)25-21(28-14,15-10-6-4-7-11-15)16-12-8-5-9-13-16/h4-13,25H,1-3H3. The van der Waals surface area contributed by atoms with Crippen molar-refractivity contribution in [3.05, 3.63) is 72.0 Å². The van der Waals surface area contributed by atoms with Gasteiger partial charge in [0.1, 0.15) is 5.57 Å². The molecule has 3 rings (SSSR count). The highest BCUT2D eigenvalue weighted by atomic mass is 35.6. The third-order valence-electron chi connectivity index (χ3n) is 4.74. The van der Waals surface area contributed by atoms with E-state index in [1.165, 1.54) is 4.90 Å². The van der Waals surface area contributed by atoms with Gasteiger partial charge >= 0.3 is 6.48 Å². The number of amides is 1. The smallest absolute Gasteiger partial charge is 0.506 e. The van der Waals surface area contributed by atoms with Gasteiger partial charge in [0, 0.05) is 14.1 Å². The van der Waals surface area contributed by atoms with Crippen LogP contribution in [0.15, 0.2) is 72.0 Å². The predicted octanol–water partition coefficient (Wildman–Crippen LogP) is 1.53. The van der Waals surface area contributed by atoms with Crippen molar-refractivity contribution >= 4 is 63.8 Å². The molecule has 1 aliphatic rings. The lowest BCUT2D eigenvalue weighted by Gasteiger charge is -2.39. The maximum atomic E-state index is 12.8. The van der Waals surface area contributed by atoms with Crippen molar-refractivity contribution in [2.24, 2.45) is 0 Å². The molecule has 1 heterocycles. The molecule has 2 aromatic rings. The summed E-state index contributed by atoms with van der Waals surface area (Å²) in [5.41, 5.74) is 2.16. The molecule has 0 unspecified atom stereocenters. The maximum absolute atomic E-state index is 12.8. The van der Waals surface area contributed by atoms with E-state index in [4.69, 9.17) is 39.5 Å². The van der Waals surface area contributed by atoms with Crippen molar-refractivity contribution in [1.82, 2.24) is 4.90 Å². The van der Waals surface area contributed by atoms with Crippen molar-refractivity contribution in [1.29, 1.82) is 0 Å². The summed E-state index contributed by atoms with van der Waals surface area (Å²) in [6, 6.07) is 19.3. The van der Waals surface area contributed by atoms with Crippen LogP contribution in [0.4, 0.5) is 0 Å². The van der Waals surface area contributed by atoms with Gasteiger partial charge in [-0.3, -0.25) is 4.79 Å². The first-order valence-electron chi connectivity index (χ1n) is 8.77. The monoisotopic (exact) mass is 436 g/mol. The van der Waals surface area contributed by atoms with Crippen LogP contribution in [0, 0.1) is 0 Å². The summed E-state index contributed by atoms with van der Waals surface area (Å²) in [6.07, 6.45) is 0. The van der Waals surface area contributed by atoms with E-state index >= 15 is 0 Å². The SMILES string of the molecule is CC1=C(C(=O)N(C)C)C(C(Cl)(Cl)Cl)=[NH+][B-](c2ccccc2)(c2ccccc2)O1. The van der Waals surface area contributed by atoms with Gasteiger partial charge in [-0.15, -0.1) is 0 Å². The van der Waals surface area contributed by atoms with Crippen LogP contribution >= 0.6 is 34.8 Å². The lowest BCUT2D eigenvalue weighted by atomic mass is 9.42. The lowest BCUT2D eigenvalue weighted by Crippen LogP contribution is -3.03. The van der Waals surface area contributed by atoms with Gasteiger partial charge in [0.15, 0.2) is 5.71 Å². The molecular weight excluding hydrogens is 417 g/mol. The Bertz CT molecular complexity index is 899. The second-order valence-corrected chi connectivity index (χ2v) is 9.15. The highest BCUT2D eigenvalue weighted by Crippen LogP contribution is 2.32. The molecular formula is C20H20BCl3N2O2. The first-order chi connectivity index (χ1) is 13.2. The van der Waals surface area contributed by atoms with Gasteiger partial charge in [-0.1, -0.05) is 106 Å². The Hall–Kier alpha value is -1.95. The summed E-state index contributed by atoms with van der Waals surface area (Å²) < 4.78 is 4.60. The van der Waals surface area contributed by atoms with Gasteiger partial charge < -0.3 is 14.5 Å². The van der Waals surface area contributed by atoms with Crippen molar-refractivity contribution in [2.75, 3.05) is 14.1 Å². The van der Waals surface area contributed by atoms with Crippen LogP contribution in [0.3, 0.4) is 0 Å². The van der Waals surface area contributed by atoms with E-state index in [2.05, 4.69) is 4.90 Å². The summed E-state index contributed by atoms with van der Waals surface area (Å²) in [4.78, 5) is 17.5. The molecule has 1 N–H and O–H groups in total. The van der Waals surface area contributed by atoms with Gasteiger partial charge in [0.2, 0.25) is 0 Å². The molecule has 146 valence electrons. The number of hydrogen-bond acceptors (Lipinski definition) is 2. The van der Waals surface area contributed by atoms with Crippen molar-refractivity contribution in [3.8, 4) is 0 Å². The number of nitrogens with one attached hydrogen (secondary N) is 1. The van der Waals surface area contributed by atoms with Crippen LogP contribution in [0.25, 0.3) is 0 Å². The minimum absolute atomic E-state index is 0.202. The molecule has 0 fully saturated rings. The van der Waals surface area contributed by atoms with E-state index in [0.717, 1.165) is 10.9 Å². The predicted molar refractivity (Wildman–Crippen MR) is 117 cm³/mol. The summed E-state index contributed by atoms with van der Waals surface area (Å²) in [6.45, 7) is -0.292. The Labute approximate surface area is 179 Å². The molecule has 0 radical (unpaired) electrons. The molecule has 4 nitrogen and oxygen atoms in total. The summed E-state index contributed by atoms with van der Waals surface area (Å²) >= 11 is 18.9. The zero-order valence-corrected chi connectivity index (χ0v) is 18.0. The average molecular weight is 438 g/mol. The van der Waals surface area contributed by atoms with Crippen LogP contribution in [0.2, 0.25) is 0 Å². The largest absolute Gasteiger partial charge is 0.654 e. The Morgan fingerprint density at radius 1 is 0.964 bits per heavy atom. The van der Waals surface area contributed by atoms with Crippen LogP contribution in [-0.4, -0.2) is 40.9 Å². The molecule has 0 saturated heterocycles. The molecule has 0 saturated carbocycles. The molecule has 0 spiro atoms. The van der Waals surface area contributed by atoms with Crippen molar-refractivity contribution < 1.29 is 14.4 Å². The number of carbonyl (C=O) groups is 1. The molecule has 2 aromatic carbocycles. The maximum Gasteiger partial charge on any atom is 0.506 e. The Kier molecular flexibility index (Phi) is 5.80. The third-order valence-corrected chi connectivity index (χ3v) is 5.31. The normalized spacial score (nSPS) is 16.3. The summed E-state index contributed by atoms with van der Waals surface area (Å²) in [7, 11) is 3.28. The number of rotatable bonds is 3. The second-order valence-electron chi connectivity index (χ2n) is 6.87. The number of nitrogens with zero attached hydrogens (tertiary/aromatic N) is 1. The van der Waals surface area contributed by atoms with E-state index in [1.54, 1.807) is 21.0 Å². The van der Waals surface area contributed by atoms with E-state index in [9.17, 15) is 4.79 Å². The number of carbonyl (C=O) groups excluding carboxylic acids is 1. The number of alkyl halides is 3. The van der Waals surface area contributed by atoms with E-state index in [-0.39, 0.29) is 17.2 Å². The minimum Gasteiger partial charge on any atom is -0.654 e. The fraction of sp³-hybridized carbons (Fsp3) is 0.200. The van der Waals surface area contributed by atoms with Gasteiger partial charge in [-0.25, -0.2) is 0 Å². The number of hydrogen-bond donors (Lipinski definition) is 1. The van der Waals surface area contributed by atoms with Crippen LogP contribution < -0.4 is 15.8 Å². The van der Waals surface area contributed by atoms with Crippen LogP contribution in [0.5, 0.6) is 0 Å². The van der Waals surface area contributed by atoms with Crippen molar-refractivity contribution in [3.63, 3.8) is 0 Å². The quantitative estimate of drug-likeness (QED) is 0.585. The average Bonchev–Trinajstić information content (AvgIpc) is 2.67. The zero-order valence-electron chi connectivity index (χ0n) is 15.7. The fourth-order valence-corrected chi connectivity index (χ4v) is 3.90. The first-order valence-corrected chi connectivity index (χ1v) is 9.90. The molecule has 0 bridgehead atoms. The summed E-state index contributed by atoms with van der Waals surface area (Å²) in [5, 5.41) is 0. The molecule has 8 heteroatoms. The number of benzene rings is 2. The van der Waals surface area contributed by atoms with Gasteiger partial charge in [-0.05, 0) is 6.92 Å². The molecule has 0 aliphatic carbocycles. The van der Waals surface area contributed by atoms with Gasteiger partial charge in [0.25, 0.3) is 9.70 Å². The molecule has 1 aliphatic heterocycles. The fourth-order valence-electron chi connectivity index (χ4n) is 3.45. The third kappa shape index (κ3) is 3.79. The van der Waals surface area contributed by atoms with E-state index < -0.39 is 10.3 Å². The molecule has 1 amide bonds. The lowest BCUT2D eigenvalue weighted by molar-refractivity contribution is -0.324. The van der Waals surface area contributed by atoms with E-state index in [0.29, 0.717) is 5.76 Å². The zero-order chi connectivity index (χ0) is 20.5. The van der Waals surface area contributed by atoms with Crippen LogP contribution in [-0.2, 0) is 9.45 Å². The Morgan fingerprint density at radius 3 is 1.82 bits per heavy atom. The highest BCUT2D eigenvalue weighted by Gasteiger charge is 2.50. The molecule has 0 atom stereocenters. The number of allylic oxidation sites excluding steroid dienone is 1. The number of likely N-dealkylation sites (N-methyl/N-ethyl adjacent to an activating group) is 1.